The van der Waals surface area contributed by atoms with Crippen LogP contribution >= 0.6 is 0 Å². The highest BCUT2D eigenvalue weighted by Crippen LogP contribution is 2.30. The van der Waals surface area contributed by atoms with E-state index < -0.39 is 11.7 Å². The van der Waals surface area contributed by atoms with E-state index in [-0.39, 0.29) is 11.6 Å². The SMILES string of the molecule is COCCCNC(=O)c1cc(Nc2ccc(C(F)(F)F)cc2)ccn1. The molecule has 1 aromatic heterocycles. The van der Waals surface area contributed by atoms with Crippen molar-refractivity contribution in [1.29, 1.82) is 0 Å². The zero-order chi connectivity index (χ0) is 18.3. The van der Waals surface area contributed by atoms with E-state index in [0.717, 1.165) is 12.1 Å². The van der Waals surface area contributed by atoms with Gasteiger partial charge in [-0.1, -0.05) is 0 Å². The number of hydrogen-bond donors (Lipinski definition) is 2. The minimum absolute atomic E-state index is 0.217. The summed E-state index contributed by atoms with van der Waals surface area (Å²) in [5.74, 6) is -0.327. The number of alkyl halides is 3. The number of carbonyl (C=O) groups excluding carboxylic acids is 1. The fraction of sp³-hybridized carbons (Fsp3) is 0.294. The van der Waals surface area contributed by atoms with E-state index in [1.807, 2.05) is 0 Å². The van der Waals surface area contributed by atoms with Crippen LogP contribution in [0.25, 0.3) is 0 Å². The summed E-state index contributed by atoms with van der Waals surface area (Å²) in [4.78, 5) is 16.0. The van der Waals surface area contributed by atoms with Crippen LogP contribution in [0.15, 0.2) is 42.6 Å². The number of benzene rings is 1. The number of nitrogens with one attached hydrogen (secondary N) is 2. The first kappa shape index (κ1) is 18.7. The van der Waals surface area contributed by atoms with Crippen LogP contribution in [0.2, 0.25) is 0 Å². The Kier molecular flexibility index (Phi) is 6.35. The summed E-state index contributed by atoms with van der Waals surface area (Å²) >= 11 is 0. The van der Waals surface area contributed by atoms with Gasteiger partial charge in [0.1, 0.15) is 5.69 Å². The van der Waals surface area contributed by atoms with Crippen LogP contribution in [0.5, 0.6) is 0 Å². The summed E-state index contributed by atoms with van der Waals surface area (Å²) in [7, 11) is 1.58. The van der Waals surface area contributed by atoms with Crippen LogP contribution in [-0.4, -0.2) is 31.2 Å². The second kappa shape index (κ2) is 8.48. The van der Waals surface area contributed by atoms with Gasteiger partial charge in [0.25, 0.3) is 5.91 Å². The number of aromatic nitrogens is 1. The second-order valence-electron chi connectivity index (χ2n) is 5.23. The Morgan fingerprint density at radius 3 is 2.52 bits per heavy atom. The Morgan fingerprint density at radius 1 is 1.16 bits per heavy atom. The Bertz CT molecular complexity index is 703. The van der Waals surface area contributed by atoms with Gasteiger partial charge < -0.3 is 15.4 Å². The van der Waals surface area contributed by atoms with Gasteiger partial charge in [-0.25, -0.2) is 0 Å². The number of pyridine rings is 1. The van der Waals surface area contributed by atoms with Crippen LogP contribution in [0.3, 0.4) is 0 Å². The zero-order valence-corrected chi connectivity index (χ0v) is 13.6. The molecule has 0 aliphatic rings. The van der Waals surface area contributed by atoms with E-state index in [9.17, 15) is 18.0 Å². The number of halogens is 3. The highest BCUT2D eigenvalue weighted by atomic mass is 19.4. The molecule has 0 radical (unpaired) electrons. The van der Waals surface area contributed by atoms with Crippen LogP contribution in [0.4, 0.5) is 24.5 Å². The molecule has 2 N–H and O–H groups in total. The van der Waals surface area contributed by atoms with Crippen molar-refractivity contribution in [3.8, 4) is 0 Å². The number of hydrogen-bond acceptors (Lipinski definition) is 4. The molecule has 0 aliphatic heterocycles. The summed E-state index contributed by atoms with van der Waals surface area (Å²) in [6.45, 7) is 1.01. The van der Waals surface area contributed by atoms with Crippen molar-refractivity contribution in [2.75, 3.05) is 25.6 Å². The van der Waals surface area contributed by atoms with Crippen molar-refractivity contribution in [2.45, 2.75) is 12.6 Å². The van der Waals surface area contributed by atoms with E-state index in [0.29, 0.717) is 30.9 Å². The van der Waals surface area contributed by atoms with Crippen molar-refractivity contribution in [2.24, 2.45) is 0 Å². The molecule has 25 heavy (non-hydrogen) atoms. The molecule has 0 atom stereocenters. The van der Waals surface area contributed by atoms with Crippen molar-refractivity contribution in [3.63, 3.8) is 0 Å². The highest BCUT2D eigenvalue weighted by Gasteiger charge is 2.29. The van der Waals surface area contributed by atoms with Gasteiger partial charge in [-0.2, -0.15) is 13.2 Å². The number of amides is 1. The topological polar surface area (TPSA) is 63.2 Å². The van der Waals surface area contributed by atoms with Gasteiger partial charge >= 0.3 is 6.18 Å². The van der Waals surface area contributed by atoms with E-state index in [4.69, 9.17) is 4.74 Å². The molecule has 0 aliphatic carbocycles. The number of ether oxygens (including phenoxy) is 1. The number of anilines is 2. The fourth-order valence-corrected chi connectivity index (χ4v) is 2.05. The van der Waals surface area contributed by atoms with E-state index in [1.165, 1.54) is 24.4 Å². The third-order valence-electron chi connectivity index (χ3n) is 3.30. The fourth-order valence-electron chi connectivity index (χ4n) is 2.05. The average molecular weight is 353 g/mol. The first-order valence-electron chi connectivity index (χ1n) is 7.57. The molecule has 2 rings (SSSR count). The lowest BCUT2D eigenvalue weighted by Crippen LogP contribution is -2.26. The second-order valence-corrected chi connectivity index (χ2v) is 5.23. The van der Waals surface area contributed by atoms with Crippen molar-refractivity contribution in [3.05, 3.63) is 53.9 Å². The summed E-state index contributed by atoms with van der Waals surface area (Å²) in [5.41, 5.74) is 0.528. The Labute approximate surface area is 143 Å². The molecule has 0 saturated heterocycles. The molecule has 2 aromatic rings. The monoisotopic (exact) mass is 353 g/mol. The number of methoxy groups -OCH3 is 1. The molecule has 5 nitrogen and oxygen atoms in total. The molecule has 0 spiro atoms. The lowest BCUT2D eigenvalue weighted by Gasteiger charge is -2.10. The van der Waals surface area contributed by atoms with Gasteiger partial charge in [-0.3, -0.25) is 9.78 Å². The molecule has 0 fully saturated rings. The normalized spacial score (nSPS) is 11.2. The maximum absolute atomic E-state index is 12.6. The van der Waals surface area contributed by atoms with Crippen LogP contribution in [0, 0.1) is 0 Å². The Balaban J connectivity index is 2.00. The lowest BCUT2D eigenvalue weighted by atomic mass is 10.2. The summed E-state index contributed by atoms with van der Waals surface area (Å²) in [6.07, 6.45) is -2.23. The average Bonchev–Trinajstić information content (AvgIpc) is 2.58. The summed E-state index contributed by atoms with van der Waals surface area (Å²) in [5, 5.41) is 5.66. The van der Waals surface area contributed by atoms with Gasteiger partial charge in [-0.15, -0.1) is 0 Å². The van der Waals surface area contributed by atoms with E-state index in [2.05, 4.69) is 15.6 Å². The third kappa shape index (κ3) is 5.75. The third-order valence-corrected chi connectivity index (χ3v) is 3.30. The predicted octanol–water partition coefficient (Wildman–Crippen LogP) is 3.61. The highest BCUT2D eigenvalue weighted by molar-refractivity contribution is 5.93. The predicted molar refractivity (Wildman–Crippen MR) is 87.8 cm³/mol. The first-order chi connectivity index (χ1) is 11.9. The molecule has 1 aromatic carbocycles. The zero-order valence-electron chi connectivity index (χ0n) is 13.6. The minimum atomic E-state index is -4.37. The smallest absolute Gasteiger partial charge is 0.385 e. The molecule has 8 heteroatoms. The number of nitrogens with zero attached hydrogens (tertiary/aromatic N) is 1. The quantitative estimate of drug-likeness (QED) is 0.747. The summed E-state index contributed by atoms with van der Waals surface area (Å²) in [6, 6.07) is 7.80. The largest absolute Gasteiger partial charge is 0.416 e. The lowest BCUT2D eigenvalue weighted by molar-refractivity contribution is -0.137. The van der Waals surface area contributed by atoms with Crippen molar-refractivity contribution >= 4 is 17.3 Å². The standard InChI is InChI=1S/C17H18F3N3O2/c1-25-10-2-8-22-16(24)15-11-14(7-9-21-15)23-13-5-3-12(4-6-13)17(18,19)20/h3-7,9,11H,2,8,10H2,1H3,(H,21,23)(H,22,24). The molecular weight excluding hydrogens is 335 g/mol. The van der Waals surface area contributed by atoms with E-state index >= 15 is 0 Å². The molecule has 0 saturated carbocycles. The molecule has 0 bridgehead atoms. The van der Waals surface area contributed by atoms with Gasteiger partial charge in [0.2, 0.25) is 0 Å². The maximum Gasteiger partial charge on any atom is 0.416 e. The van der Waals surface area contributed by atoms with Gasteiger partial charge in [0.15, 0.2) is 0 Å². The van der Waals surface area contributed by atoms with Crippen LogP contribution < -0.4 is 10.6 Å². The summed E-state index contributed by atoms with van der Waals surface area (Å²) < 4.78 is 42.6. The maximum atomic E-state index is 12.6. The van der Waals surface area contributed by atoms with Gasteiger partial charge in [-0.05, 0) is 42.8 Å². The van der Waals surface area contributed by atoms with Crippen molar-refractivity contribution < 1.29 is 22.7 Å². The van der Waals surface area contributed by atoms with E-state index in [1.54, 1.807) is 13.2 Å². The molecular formula is C17H18F3N3O2. The molecule has 134 valence electrons. The van der Waals surface area contributed by atoms with Gasteiger partial charge in [0, 0.05) is 37.8 Å². The Hall–Kier alpha value is -2.61. The number of rotatable bonds is 7. The van der Waals surface area contributed by atoms with Crippen LogP contribution in [0.1, 0.15) is 22.5 Å². The van der Waals surface area contributed by atoms with Crippen molar-refractivity contribution in [1.82, 2.24) is 10.3 Å². The molecule has 1 heterocycles. The number of carbonyl (C=O) groups is 1. The van der Waals surface area contributed by atoms with Crippen LogP contribution in [-0.2, 0) is 10.9 Å². The first-order valence-corrected chi connectivity index (χ1v) is 7.57. The minimum Gasteiger partial charge on any atom is -0.385 e. The molecule has 1 amide bonds. The van der Waals surface area contributed by atoms with Gasteiger partial charge in [0.05, 0.1) is 5.56 Å². The Morgan fingerprint density at radius 2 is 1.88 bits per heavy atom. The molecule has 0 unspecified atom stereocenters.